The summed E-state index contributed by atoms with van der Waals surface area (Å²) in [6.07, 6.45) is 0. The topological polar surface area (TPSA) is 64.0 Å². The lowest BCUT2D eigenvalue weighted by Crippen LogP contribution is -2.30. The van der Waals surface area contributed by atoms with Crippen LogP contribution in [0.5, 0.6) is 0 Å². The lowest BCUT2D eigenvalue weighted by Gasteiger charge is -2.17. The summed E-state index contributed by atoms with van der Waals surface area (Å²) < 4.78 is 1.63. The van der Waals surface area contributed by atoms with E-state index in [1.807, 2.05) is 13.8 Å². The number of rotatable bonds is 5. The molecule has 1 amide bonds. The molecule has 23 heavy (non-hydrogen) atoms. The van der Waals surface area contributed by atoms with Crippen LogP contribution in [0.1, 0.15) is 20.8 Å². The fourth-order valence-corrected chi connectivity index (χ4v) is 3.35. The van der Waals surface area contributed by atoms with Crippen molar-refractivity contribution in [3.63, 3.8) is 0 Å². The summed E-state index contributed by atoms with van der Waals surface area (Å²) in [7, 11) is 1.59. The number of thioether (sulfide) groups is 1. The van der Waals surface area contributed by atoms with Crippen molar-refractivity contribution in [2.75, 3.05) is 7.05 Å². The van der Waals surface area contributed by atoms with E-state index in [2.05, 4.69) is 10.3 Å². The van der Waals surface area contributed by atoms with Crippen LogP contribution in [0.2, 0.25) is 5.02 Å². The molecule has 1 unspecified atom stereocenters. The number of carbonyl (C=O) groups is 1. The lowest BCUT2D eigenvalue weighted by atomic mass is 10.2. The molecule has 124 valence electrons. The predicted octanol–water partition coefficient (Wildman–Crippen LogP) is 2.93. The molecule has 1 aromatic heterocycles. The summed E-state index contributed by atoms with van der Waals surface area (Å²) in [6.45, 7) is 6.40. The maximum absolute atomic E-state index is 12.8. The number of hydrogen-bond donors (Lipinski definition) is 1. The zero-order chi connectivity index (χ0) is 17.1. The van der Waals surface area contributed by atoms with E-state index < -0.39 is 0 Å². The summed E-state index contributed by atoms with van der Waals surface area (Å²) in [4.78, 5) is 29.2. The van der Waals surface area contributed by atoms with Gasteiger partial charge in [0.25, 0.3) is 5.56 Å². The minimum absolute atomic E-state index is 0.100. The third-order valence-corrected chi connectivity index (χ3v) is 4.65. The molecule has 0 aliphatic heterocycles. The number of nitrogens with one attached hydrogen (secondary N) is 1. The first-order valence-electron chi connectivity index (χ1n) is 7.41. The average Bonchev–Trinajstić information content (AvgIpc) is 2.50. The number of fused-ring (bicyclic) bond motifs is 1. The molecule has 5 nitrogen and oxygen atoms in total. The largest absolute Gasteiger partial charge is 0.358 e. The minimum Gasteiger partial charge on any atom is -0.358 e. The van der Waals surface area contributed by atoms with E-state index in [4.69, 9.17) is 11.6 Å². The number of halogens is 1. The van der Waals surface area contributed by atoms with Gasteiger partial charge in [0, 0.05) is 18.6 Å². The first-order chi connectivity index (χ1) is 10.8. The van der Waals surface area contributed by atoms with Crippen LogP contribution in [0.25, 0.3) is 10.9 Å². The SMILES string of the molecule is CNC(=O)C(C)Sc1nc2ccc(Cl)cc2c(=O)n1CC(C)C. The Morgan fingerprint density at radius 2 is 2.09 bits per heavy atom. The van der Waals surface area contributed by atoms with Gasteiger partial charge in [-0.2, -0.15) is 0 Å². The number of nitrogens with zero attached hydrogens (tertiary/aromatic N) is 2. The van der Waals surface area contributed by atoms with E-state index in [9.17, 15) is 9.59 Å². The molecule has 0 aliphatic carbocycles. The van der Waals surface area contributed by atoms with Crippen LogP contribution in [-0.4, -0.2) is 27.8 Å². The van der Waals surface area contributed by atoms with Crippen molar-refractivity contribution in [3.8, 4) is 0 Å². The second kappa shape index (κ2) is 7.36. The summed E-state index contributed by atoms with van der Waals surface area (Å²) >= 11 is 7.28. The first kappa shape index (κ1) is 17.8. The predicted molar refractivity (Wildman–Crippen MR) is 95.2 cm³/mol. The highest BCUT2D eigenvalue weighted by Gasteiger charge is 2.19. The van der Waals surface area contributed by atoms with Crippen molar-refractivity contribution in [1.82, 2.24) is 14.9 Å². The number of hydrogen-bond acceptors (Lipinski definition) is 4. The fraction of sp³-hybridized carbons (Fsp3) is 0.438. The molecule has 0 saturated heterocycles. The lowest BCUT2D eigenvalue weighted by molar-refractivity contribution is -0.119. The van der Waals surface area contributed by atoms with Gasteiger partial charge in [-0.25, -0.2) is 4.98 Å². The fourth-order valence-electron chi connectivity index (χ4n) is 2.20. The van der Waals surface area contributed by atoms with Crippen LogP contribution in [-0.2, 0) is 11.3 Å². The van der Waals surface area contributed by atoms with E-state index in [-0.39, 0.29) is 22.6 Å². The molecule has 7 heteroatoms. The Kier molecular flexibility index (Phi) is 5.70. The number of amides is 1. The average molecular weight is 354 g/mol. The molecule has 1 heterocycles. The van der Waals surface area contributed by atoms with Crippen LogP contribution in [0, 0.1) is 5.92 Å². The maximum Gasteiger partial charge on any atom is 0.262 e. The Hall–Kier alpha value is -1.53. The molecule has 0 radical (unpaired) electrons. The van der Waals surface area contributed by atoms with E-state index in [0.29, 0.717) is 27.6 Å². The summed E-state index contributed by atoms with van der Waals surface area (Å²) in [5.41, 5.74) is 0.462. The third-order valence-electron chi connectivity index (χ3n) is 3.33. The third kappa shape index (κ3) is 4.06. The van der Waals surface area contributed by atoms with Crippen LogP contribution < -0.4 is 10.9 Å². The highest BCUT2D eigenvalue weighted by atomic mass is 35.5. The summed E-state index contributed by atoms with van der Waals surface area (Å²) in [5.74, 6) is 0.178. The molecule has 2 aromatic rings. The van der Waals surface area contributed by atoms with Crippen LogP contribution >= 0.6 is 23.4 Å². The molecule has 1 N–H and O–H groups in total. The maximum atomic E-state index is 12.8. The minimum atomic E-state index is -0.338. The summed E-state index contributed by atoms with van der Waals surface area (Å²) in [6, 6.07) is 5.08. The van der Waals surface area contributed by atoms with Crippen LogP contribution in [0.4, 0.5) is 0 Å². The molecule has 0 fully saturated rings. The van der Waals surface area contributed by atoms with Gasteiger partial charge in [-0.1, -0.05) is 37.2 Å². The Morgan fingerprint density at radius 3 is 2.70 bits per heavy atom. The van der Waals surface area contributed by atoms with E-state index >= 15 is 0 Å². The van der Waals surface area contributed by atoms with Gasteiger partial charge >= 0.3 is 0 Å². The Morgan fingerprint density at radius 1 is 1.39 bits per heavy atom. The highest BCUT2D eigenvalue weighted by molar-refractivity contribution is 8.00. The van der Waals surface area contributed by atoms with Crippen molar-refractivity contribution in [1.29, 1.82) is 0 Å². The molecule has 0 aliphatic rings. The van der Waals surface area contributed by atoms with Gasteiger partial charge in [0.05, 0.1) is 16.2 Å². The van der Waals surface area contributed by atoms with Gasteiger partial charge in [0.15, 0.2) is 5.16 Å². The normalized spacial score (nSPS) is 12.6. The van der Waals surface area contributed by atoms with Crippen molar-refractivity contribution in [2.24, 2.45) is 5.92 Å². The van der Waals surface area contributed by atoms with Crippen molar-refractivity contribution >= 4 is 40.2 Å². The second-order valence-electron chi connectivity index (χ2n) is 5.74. The van der Waals surface area contributed by atoms with Gasteiger partial charge in [-0.15, -0.1) is 0 Å². The highest BCUT2D eigenvalue weighted by Crippen LogP contribution is 2.24. The number of carbonyl (C=O) groups excluding carboxylic acids is 1. The molecule has 0 bridgehead atoms. The van der Waals surface area contributed by atoms with Gasteiger partial charge in [0.1, 0.15) is 0 Å². The van der Waals surface area contributed by atoms with Crippen molar-refractivity contribution < 1.29 is 4.79 Å². The molecule has 1 aromatic carbocycles. The van der Waals surface area contributed by atoms with Gasteiger partial charge in [-0.3, -0.25) is 14.2 Å². The van der Waals surface area contributed by atoms with E-state index in [1.54, 1.807) is 36.7 Å². The van der Waals surface area contributed by atoms with Crippen molar-refractivity contribution in [3.05, 3.63) is 33.6 Å². The standard InChI is InChI=1S/C16H20ClN3O2S/c1-9(2)8-20-15(22)12-7-11(17)5-6-13(12)19-16(20)23-10(3)14(21)18-4/h5-7,9-10H,8H2,1-4H3,(H,18,21). The Bertz CT molecular complexity index is 789. The van der Waals surface area contributed by atoms with Crippen LogP contribution in [0.3, 0.4) is 0 Å². The quantitative estimate of drug-likeness (QED) is 0.663. The molecule has 0 saturated carbocycles. The molecule has 1 atom stereocenters. The van der Waals surface area contributed by atoms with Gasteiger partial charge < -0.3 is 5.32 Å². The summed E-state index contributed by atoms with van der Waals surface area (Å²) in [5, 5.41) is 3.83. The number of benzene rings is 1. The molecule has 2 rings (SSSR count). The Balaban J connectivity index is 2.59. The zero-order valence-electron chi connectivity index (χ0n) is 13.6. The Labute approximate surface area is 144 Å². The van der Waals surface area contributed by atoms with Crippen LogP contribution in [0.15, 0.2) is 28.2 Å². The molecular formula is C16H20ClN3O2S. The van der Waals surface area contributed by atoms with Gasteiger partial charge in [-0.05, 0) is 31.0 Å². The van der Waals surface area contributed by atoms with Gasteiger partial charge in [0.2, 0.25) is 5.91 Å². The smallest absolute Gasteiger partial charge is 0.262 e. The van der Waals surface area contributed by atoms with E-state index in [0.717, 1.165) is 0 Å². The monoisotopic (exact) mass is 353 g/mol. The van der Waals surface area contributed by atoms with Crippen molar-refractivity contribution in [2.45, 2.75) is 37.7 Å². The molecule has 0 spiro atoms. The first-order valence-corrected chi connectivity index (χ1v) is 8.67. The van der Waals surface area contributed by atoms with E-state index in [1.165, 1.54) is 11.8 Å². The number of aromatic nitrogens is 2. The molecular weight excluding hydrogens is 334 g/mol. The zero-order valence-corrected chi connectivity index (χ0v) is 15.2. The second-order valence-corrected chi connectivity index (χ2v) is 7.48.